The zero-order chi connectivity index (χ0) is 15.4. The van der Waals surface area contributed by atoms with Gasteiger partial charge in [0.15, 0.2) is 11.5 Å². The van der Waals surface area contributed by atoms with Gasteiger partial charge in [-0.1, -0.05) is 34.1 Å². The normalized spacial score (nSPS) is 29.8. The molecule has 2 aliphatic heterocycles. The molecule has 1 aliphatic carbocycles. The van der Waals surface area contributed by atoms with Crippen LogP contribution < -0.4 is 9.47 Å². The molecule has 0 radical (unpaired) electrons. The molecule has 0 bridgehead atoms. The Bertz CT molecular complexity index is 816. The molecule has 1 fully saturated rings. The van der Waals surface area contributed by atoms with Gasteiger partial charge in [-0.2, -0.15) is 0 Å². The van der Waals surface area contributed by atoms with Gasteiger partial charge in [-0.25, -0.2) is 0 Å². The maximum Gasteiger partial charge on any atom is 0.231 e. The van der Waals surface area contributed by atoms with Crippen LogP contribution in [0, 0.1) is 5.92 Å². The Hall–Kier alpha value is -1.94. The standard InChI is InChI=1S/C19H15BrO3/c20-14-3-1-2-13(9-14)19-6-7-21-10-15(19)18(19)12-4-5-16-17(8-12)23-11-22-16/h1-9,15,18H,10-11H2/t15-,18-,19+/m0/s1. The molecule has 0 aromatic heterocycles. The van der Waals surface area contributed by atoms with Gasteiger partial charge in [0.05, 0.1) is 12.9 Å². The predicted octanol–water partition coefficient (Wildman–Crippen LogP) is 4.37. The lowest BCUT2D eigenvalue weighted by atomic mass is 9.89. The fourth-order valence-electron chi connectivity index (χ4n) is 4.13. The number of benzene rings is 2. The maximum absolute atomic E-state index is 5.60. The van der Waals surface area contributed by atoms with E-state index in [0.29, 0.717) is 18.6 Å². The first-order chi connectivity index (χ1) is 11.3. The fourth-order valence-corrected chi connectivity index (χ4v) is 4.52. The van der Waals surface area contributed by atoms with E-state index < -0.39 is 0 Å². The largest absolute Gasteiger partial charge is 0.501 e. The van der Waals surface area contributed by atoms with E-state index in [1.807, 2.05) is 12.3 Å². The Morgan fingerprint density at radius 3 is 2.87 bits per heavy atom. The Kier molecular flexibility index (Phi) is 2.80. The monoisotopic (exact) mass is 370 g/mol. The van der Waals surface area contributed by atoms with Crippen LogP contribution in [0.2, 0.25) is 0 Å². The number of hydrogen-bond donors (Lipinski definition) is 0. The number of halogens is 1. The van der Waals surface area contributed by atoms with Crippen LogP contribution in [0.4, 0.5) is 0 Å². The minimum Gasteiger partial charge on any atom is -0.501 e. The van der Waals surface area contributed by atoms with Crippen molar-refractivity contribution in [2.24, 2.45) is 5.92 Å². The Morgan fingerprint density at radius 2 is 1.96 bits per heavy atom. The molecule has 0 unspecified atom stereocenters. The van der Waals surface area contributed by atoms with Crippen molar-refractivity contribution in [2.75, 3.05) is 13.4 Å². The summed E-state index contributed by atoms with van der Waals surface area (Å²) in [6.45, 7) is 1.06. The van der Waals surface area contributed by atoms with Gasteiger partial charge >= 0.3 is 0 Å². The lowest BCUT2D eigenvalue weighted by Crippen LogP contribution is -2.13. The van der Waals surface area contributed by atoms with Gasteiger partial charge < -0.3 is 14.2 Å². The van der Waals surface area contributed by atoms with Crippen LogP contribution in [0.15, 0.2) is 59.3 Å². The second-order valence-corrected chi connectivity index (χ2v) is 7.19. The number of ether oxygens (including phenoxy) is 3. The predicted molar refractivity (Wildman–Crippen MR) is 89.7 cm³/mol. The van der Waals surface area contributed by atoms with Crippen LogP contribution in [0.5, 0.6) is 11.5 Å². The second kappa shape index (κ2) is 4.78. The van der Waals surface area contributed by atoms with Crippen LogP contribution in [-0.2, 0) is 10.2 Å². The first kappa shape index (κ1) is 13.5. The van der Waals surface area contributed by atoms with E-state index in [4.69, 9.17) is 14.2 Å². The van der Waals surface area contributed by atoms with E-state index in [1.54, 1.807) is 0 Å². The smallest absolute Gasteiger partial charge is 0.231 e. The second-order valence-electron chi connectivity index (χ2n) is 6.28. The molecule has 23 heavy (non-hydrogen) atoms. The molecule has 0 amide bonds. The first-order valence-corrected chi connectivity index (χ1v) is 8.53. The third-order valence-corrected chi connectivity index (χ3v) is 5.71. The molecule has 116 valence electrons. The molecule has 0 spiro atoms. The SMILES string of the molecule is Brc1cccc([C@]23C=COC[C@H]2[C@@H]3c2ccc3c(c2)OCO3)c1. The minimum atomic E-state index is 0.0235. The quantitative estimate of drug-likeness (QED) is 0.785. The van der Waals surface area contributed by atoms with Gasteiger partial charge in [0, 0.05) is 21.7 Å². The summed E-state index contributed by atoms with van der Waals surface area (Å²) < 4.78 is 17.7. The van der Waals surface area contributed by atoms with Gasteiger partial charge in [0.2, 0.25) is 6.79 Å². The van der Waals surface area contributed by atoms with Gasteiger partial charge in [-0.15, -0.1) is 0 Å². The summed E-state index contributed by atoms with van der Waals surface area (Å²) in [5.74, 6) is 2.55. The van der Waals surface area contributed by atoms with E-state index >= 15 is 0 Å². The van der Waals surface area contributed by atoms with Crippen molar-refractivity contribution in [3.05, 3.63) is 70.4 Å². The molecule has 2 aromatic carbocycles. The van der Waals surface area contributed by atoms with Crippen molar-refractivity contribution < 1.29 is 14.2 Å². The summed E-state index contributed by atoms with van der Waals surface area (Å²) in [6, 6.07) is 14.9. The van der Waals surface area contributed by atoms with Gasteiger partial charge in [-0.05, 0) is 41.5 Å². The number of fused-ring (bicyclic) bond motifs is 2. The number of hydrogen-bond acceptors (Lipinski definition) is 3. The number of allylic oxidation sites excluding steroid dienone is 1. The summed E-state index contributed by atoms with van der Waals surface area (Å²) in [5, 5.41) is 0. The van der Waals surface area contributed by atoms with Crippen LogP contribution in [0.1, 0.15) is 17.0 Å². The highest BCUT2D eigenvalue weighted by atomic mass is 79.9. The molecule has 3 atom stereocenters. The van der Waals surface area contributed by atoms with Crippen molar-refractivity contribution in [2.45, 2.75) is 11.3 Å². The van der Waals surface area contributed by atoms with E-state index in [9.17, 15) is 0 Å². The van der Waals surface area contributed by atoms with Crippen molar-refractivity contribution in [1.29, 1.82) is 0 Å². The van der Waals surface area contributed by atoms with Crippen LogP contribution in [-0.4, -0.2) is 13.4 Å². The third kappa shape index (κ3) is 1.88. The van der Waals surface area contributed by atoms with Crippen molar-refractivity contribution in [1.82, 2.24) is 0 Å². The molecule has 2 heterocycles. The van der Waals surface area contributed by atoms with E-state index in [-0.39, 0.29) is 5.41 Å². The molecule has 3 aliphatic rings. The molecule has 0 saturated heterocycles. The zero-order valence-corrected chi connectivity index (χ0v) is 14.0. The molecular formula is C19H15BrO3. The Balaban J connectivity index is 1.60. The maximum atomic E-state index is 5.60. The summed E-state index contributed by atoms with van der Waals surface area (Å²) in [5.41, 5.74) is 2.64. The lowest BCUT2D eigenvalue weighted by molar-refractivity contribution is 0.174. The summed E-state index contributed by atoms with van der Waals surface area (Å²) in [6.07, 6.45) is 4.07. The van der Waals surface area contributed by atoms with Crippen molar-refractivity contribution >= 4 is 15.9 Å². The van der Waals surface area contributed by atoms with Gasteiger partial charge in [0.25, 0.3) is 0 Å². The lowest BCUT2D eigenvalue weighted by Gasteiger charge is -2.18. The zero-order valence-electron chi connectivity index (χ0n) is 12.4. The highest BCUT2D eigenvalue weighted by molar-refractivity contribution is 9.10. The summed E-state index contributed by atoms with van der Waals surface area (Å²) >= 11 is 3.60. The van der Waals surface area contributed by atoms with E-state index in [2.05, 4.69) is 58.4 Å². The average Bonchev–Trinajstić information content (AvgIpc) is 3.04. The van der Waals surface area contributed by atoms with E-state index in [1.165, 1.54) is 11.1 Å². The highest BCUT2D eigenvalue weighted by Crippen LogP contribution is 2.68. The van der Waals surface area contributed by atoms with Gasteiger partial charge in [0.1, 0.15) is 0 Å². The van der Waals surface area contributed by atoms with Crippen LogP contribution in [0.25, 0.3) is 0 Å². The van der Waals surface area contributed by atoms with E-state index in [0.717, 1.165) is 22.6 Å². The molecule has 5 rings (SSSR count). The minimum absolute atomic E-state index is 0.0235. The summed E-state index contributed by atoms with van der Waals surface area (Å²) in [4.78, 5) is 0. The molecule has 2 aromatic rings. The molecule has 4 heteroatoms. The van der Waals surface area contributed by atoms with Gasteiger partial charge in [-0.3, -0.25) is 0 Å². The fraction of sp³-hybridized carbons (Fsp3) is 0.263. The molecule has 0 N–H and O–H groups in total. The van der Waals surface area contributed by atoms with Crippen LogP contribution >= 0.6 is 15.9 Å². The topological polar surface area (TPSA) is 27.7 Å². The number of rotatable bonds is 2. The van der Waals surface area contributed by atoms with Crippen molar-refractivity contribution in [3.63, 3.8) is 0 Å². The average molecular weight is 371 g/mol. The first-order valence-electron chi connectivity index (χ1n) is 7.74. The molecular weight excluding hydrogens is 356 g/mol. The van der Waals surface area contributed by atoms with Crippen molar-refractivity contribution in [3.8, 4) is 11.5 Å². The molecule has 3 nitrogen and oxygen atoms in total. The third-order valence-electron chi connectivity index (χ3n) is 5.22. The highest BCUT2D eigenvalue weighted by Gasteiger charge is 2.65. The Labute approximate surface area is 143 Å². The molecule has 1 saturated carbocycles. The Morgan fingerprint density at radius 1 is 1.04 bits per heavy atom. The van der Waals surface area contributed by atoms with Crippen LogP contribution in [0.3, 0.4) is 0 Å². The summed E-state index contributed by atoms with van der Waals surface area (Å²) in [7, 11) is 0.